The highest BCUT2D eigenvalue weighted by Crippen LogP contribution is 2.29. The molecule has 0 spiro atoms. The predicted octanol–water partition coefficient (Wildman–Crippen LogP) is 3.90. The Balaban J connectivity index is 2.24. The molecule has 2 N–H and O–H groups in total. The van der Waals surface area contributed by atoms with E-state index in [1.54, 1.807) is 19.1 Å². The van der Waals surface area contributed by atoms with Crippen LogP contribution in [0.15, 0.2) is 48.7 Å². The number of esters is 1. The maximum atomic E-state index is 12.3. The van der Waals surface area contributed by atoms with Crippen LogP contribution in [-0.2, 0) is 11.3 Å². The molecule has 0 bridgehead atoms. The second-order valence-corrected chi connectivity index (χ2v) is 5.60. The van der Waals surface area contributed by atoms with Crippen LogP contribution in [0.4, 0.5) is 0 Å². The Morgan fingerprint density at radius 3 is 2.61 bits per heavy atom. The Kier molecular flexibility index (Phi) is 4.37. The fraction of sp³-hybridized carbons (Fsp3) is 0.167. The molecule has 0 aliphatic heterocycles. The summed E-state index contributed by atoms with van der Waals surface area (Å²) in [7, 11) is 0. The SMILES string of the molecule is CCOC(=O)c1cc2cc(CN)ccn2c1-c1ccc(Cl)cc1. The zero-order valence-corrected chi connectivity index (χ0v) is 13.5. The summed E-state index contributed by atoms with van der Waals surface area (Å²) >= 11 is 5.97. The van der Waals surface area contributed by atoms with Gasteiger partial charge in [0.15, 0.2) is 0 Å². The number of hydrogen-bond donors (Lipinski definition) is 1. The van der Waals surface area contributed by atoms with Gasteiger partial charge >= 0.3 is 5.97 Å². The number of aromatic nitrogens is 1. The van der Waals surface area contributed by atoms with Gasteiger partial charge in [0.1, 0.15) is 0 Å². The zero-order valence-electron chi connectivity index (χ0n) is 12.8. The molecule has 0 aliphatic rings. The number of ether oxygens (including phenoxy) is 1. The minimum atomic E-state index is -0.338. The van der Waals surface area contributed by atoms with E-state index in [0.717, 1.165) is 22.3 Å². The number of benzene rings is 1. The fourth-order valence-corrected chi connectivity index (χ4v) is 2.74. The highest BCUT2D eigenvalue weighted by molar-refractivity contribution is 6.30. The van der Waals surface area contributed by atoms with Crippen molar-refractivity contribution in [2.24, 2.45) is 5.73 Å². The molecule has 5 heteroatoms. The smallest absolute Gasteiger partial charge is 0.340 e. The first-order chi connectivity index (χ1) is 11.1. The number of nitrogens with two attached hydrogens (primary N) is 1. The van der Waals surface area contributed by atoms with Crippen LogP contribution in [0.1, 0.15) is 22.8 Å². The molecule has 0 unspecified atom stereocenters. The number of carbonyl (C=O) groups is 1. The van der Waals surface area contributed by atoms with Gasteiger partial charge in [-0.25, -0.2) is 4.79 Å². The molecule has 3 aromatic rings. The van der Waals surface area contributed by atoms with E-state index >= 15 is 0 Å². The lowest BCUT2D eigenvalue weighted by Crippen LogP contribution is -2.05. The van der Waals surface area contributed by atoms with Gasteiger partial charge in [-0.2, -0.15) is 0 Å². The van der Waals surface area contributed by atoms with E-state index in [1.165, 1.54) is 0 Å². The molecule has 3 rings (SSSR count). The van der Waals surface area contributed by atoms with E-state index in [1.807, 2.05) is 40.9 Å². The number of carbonyl (C=O) groups excluding carboxylic acids is 1. The number of fused-ring (bicyclic) bond motifs is 1. The van der Waals surface area contributed by atoms with Crippen molar-refractivity contribution in [3.63, 3.8) is 0 Å². The molecule has 2 heterocycles. The van der Waals surface area contributed by atoms with Crippen LogP contribution in [0.25, 0.3) is 16.8 Å². The van der Waals surface area contributed by atoms with E-state index < -0.39 is 0 Å². The molecule has 0 saturated heterocycles. The first-order valence-corrected chi connectivity index (χ1v) is 7.79. The summed E-state index contributed by atoms with van der Waals surface area (Å²) in [6, 6.07) is 13.1. The van der Waals surface area contributed by atoms with E-state index in [2.05, 4.69) is 0 Å². The highest BCUT2D eigenvalue weighted by Gasteiger charge is 2.19. The maximum Gasteiger partial charge on any atom is 0.340 e. The second kappa shape index (κ2) is 6.44. The third kappa shape index (κ3) is 2.96. The minimum Gasteiger partial charge on any atom is -0.462 e. The Morgan fingerprint density at radius 1 is 1.22 bits per heavy atom. The van der Waals surface area contributed by atoms with Crippen molar-refractivity contribution >= 4 is 23.1 Å². The molecule has 0 saturated carbocycles. The first kappa shape index (κ1) is 15.6. The molecule has 23 heavy (non-hydrogen) atoms. The largest absolute Gasteiger partial charge is 0.462 e. The molecule has 0 radical (unpaired) electrons. The summed E-state index contributed by atoms with van der Waals surface area (Å²) in [6.07, 6.45) is 1.92. The van der Waals surface area contributed by atoms with Gasteiger partial charge in [0.25, 0.3) is 0 Å². The molecule has 118 valence electrons. The van der Waals surface area contributed by atoms with Crippen LogP contribution < -0.4 is 5.73 Å². The fourth-order valence-electron chi connectivity index (χ4n) is 2.62. The van der Waals surface area contributed by atoms with Crippen molar-refractivity contribution in [2.75, 3.05) is 6.61 Å². The summed E-state index contributed by atoms with van der Waals surface area (Å²) in [6.45, 7) is 2.58. The van der Waals surface area contributed by atoms with Gasteiger partial charge < -0.3 is 14.9 Å². The molecule has 4 nitrogen and oxygen atoms in total. The Labute approximate surface area is 139 Å². The topological polar surface area (TPSA) is 56.7 Å². The van der Waals surface area contributed by atoms with Crippen LogP contribution in [0.2, 0.25) is 5.02 Å². The lowest BCUT2D eigenvalue weighted by Gasteiger charge is -2.08. The molecule has 0 atom stereocenters. The van der Waals surface area contributed by atoms with Gasteiger partial charge in [0.05, 0.1) is 17.9 Å². The van der Waals surface area contributed by atoms with E-state index in [4.69, 9.17) is 22.1 Å². The van der Waals surface area contributed by atoms with Crippen LogP contribution in [0.5, 0.6) is 0 Å². The number of pyridine rings is 1. The van der Waals surface area contributed by atoms with Gasteiger partial charge in [-0.15, -0.1) is 0 Å². The number of nitrogens with zero attached hydrogens (tertiary/aromatic N) is 1. The summed E-state index contributed by atoms with van der Waals surface area (Å²) in [5, 5.41) is 0.651. The standard InChI is InChI=1S/C18H17ClN2O2/c1-2-23-18(22)16-10-15-9-12(11-20)7-8-21(15)17(16)13-3-5-14(19)6-4-13/h3-10H,2,11,20H2,1H3. The van der Waals surface area contributed by atoms with Crippen molar-refractivity contribution in [2.45, 2.75) is 13.5 Å². The van der Waals surface area contributed by atoms with E-state index in [9.17, 15) is 4.79 Å². The third-order valence-corrected chi connectivity index (χ3v) is 3.94. The summed E-state index contributed by atoms with van der Waals surface area (Å²) in [4.78, 5) is 12.3. The Hall–Kier alpha value is -2.30. The first-order valence-electron chi connectivity index (χ1n) is 7.41. The van der Waals surface area contributed by atoms with Crippen LogP contribution in [0.3, 0.4) is 0 Å². The number of hydrogen-bond acceptors (Lipinski definition) is 3. The Bertz CT molecular complexity index is 853. The van der Waals surface area contributed by atoms with Gasteiger partial charge in [-0.1, -0.05) is 23.7 Å². The van der Waals surface area contributed by atoms with Crippen molar-refractivity contribution in [1.82, 2.24) is 4.40 Å². The van der Waals surface area contributed by atoms with Crippen LogP contribution in [0, 0.1) is 0 Å². The van der Waals surface area contributed by atoms with Crippen LogP contribution >= 0.6 is 11.6 Å². The summed E-state index contributed by atoms with van der Waals surface area (Å²) < 4.78 is 7.16. The van der Waals surface area contributed by atoms with Crippen molar-refractivity contribution < 1.29 is 9.53 Å². The molecule has 0 amide bonds. The lowest BCUT2D eigenvalue weighted by atomic mass is 10.1. The zero-order chi connectivity index (χ0) is 16.4. The quantitative estimate of drug-likeness (QED) is 0.739. The number of halogens is 1. The van der Waals surface area contributed by atoms with E-state index in [0.29, 0.717) is 23.7 Å². The van der Waals surface area contributed by atoms with Gasteiger partial charge in [-0.3, -0.25) is 0 Å². The highest BCUT2D eigenvalue weighted by atomic mass is 35.5. The minimum absolute atomic E-state index is 0.332. The summed E-state index contributed by atoms with van der Waals surface area (Å²) in [5.74, 6) is -0.338. The Morgan fingerprint density at radius 2 is 1.96 bits per heavy atom. The predicted molar refractivity (Wildman–Crippen MR) is 91.7 cm³/mol. The van der Waals surface area contributed by atoms with Gasteiger partial charge in [0, 0.05) is 23.3 Å². The molecular formula is C18H17ClN2O2. The van der Waals surface area contributed by atoms with Gasteiger partial charge in [0.2, 0.25) is 0 Å². The average molecular weight is 329 g/mol. The molecular weight excluding hydrogens is 312 g/mol. The van der Waals surface area contributed by atoms with Crippen molar-refractivity contribution in [1.29, 1.82) is 0 Å². The van der Waals surface area contributed by atoms with Crippen molar-refractivity contribution in [3.8, 4) is 11.3 Å². The van der Waals surface area contributed by atoms with Crippen molar-refractivity contribution in [3.05, 3.63) is 64.8 Å². The van der Waals surface area contributed by atoms with E-state index in [-0.39, 0.29) is 5.97 Å². The molecule has 0 aliphatic carbocycles. The summed E-state index contributed by atoms with van der Waals surface area (Å²) in [5.41, 5.74) is 9.84. The molecule has 0 fully saturated rings. The lowest BCUT2D eigenvalue weighted by molar-refractivity contribution is 0.0527. The molecule has 1 aromatic carbocycles. The normalized spacial score (nSPS) is 10.9. The van der Waals surface area contributed by atoms with Crippen LogP contribution in [-0.4, -0.2) is 17.0 Å². The molecule has 2 aromatic heterocycles. The third-order valence-electron chi connectivity index (χ3n) is 3.69. The second-order valence-electron chi connectivity index (χ2n) is 5.17. The maximum absolute atomic E-state index is 12.3. The monoisotopic (exact) mass is 328 g/mol. The average Bonchev–Trinajstić information content (AvgIpc) is 2.94. The van der Waals surface area contributed by atoms with Gasteiger partial charge in [-0.05, 0) is 48.4 Å². The number of rotatable bonds is 4.